The molecular weight excluding hydrogens is 146 g/mol. The zero-order valence-corrected chi connectivity index (χ0v) is 9.19. The lowest BCUT2D eigenvalue weighted by Gasteiger charge is -2.51. The summed E-state index contributed by atoms with van der Waals surface area (Å²) in [6.07, 6.45) is 7.00. The molecule has 0 aromatic rings. The first kappa shape index (κ1) is 10.0. The van der Waals surface area contributed by atoms with E-state index < -0.39 is 0 Å². The van der Waals surface area contributed by atoms with Gasteiger partial charge < -0.3 is 4.48 Å². The molecule has 1 nitrogen and oxygen atoms in total. The monoisotopic (exact) mass is 170 g/mol. The smallest absolute Gasteiger partial charge is 0.0983 e. The molecule has 0 aliphatic carbocycles. The first-order chi connectivity index (χ1) is 5.58. The average molecular weight is 170 g/mol. The Hall–Kier alpha value is -0.0400. The standard InChI is InChI=1S/C11H24N/c1-5-11(6-2)9-7-8-10-12(11,3)4/h5-10H2,1-4H3/q+1. The van der Waals surface area contributed by atoms with E-state index in [0.717, 1.165) is 0 Å². The maximum Gasteiger partial charge on any atom is 0.0983 e. The van der Waals surface area contributed by atoms with Gasteiger partial charge in [0.15, 0.2) is 0 Å². The van der Waals surface area contributed by atoms with Gasteiger partial charge in [0.05, 0.1) is 26.2 Å². The summed E-state index contributed by atoms with van der Waals surface area (Å²) >= 11 is 0. The SMILES string of the molecule is CCC1(CC)CCCC[N+]1(C)C. The molecule has 12 heavy (non-hydrogen) atoms. The van der Waals surface area contributed by atoms with Gasteiger partial charge in [-0.2, -0.15) is 0 Å². The number of quaternary nitrogens is 1. The summed E-state index contributed by atoms with van der Waals surface area (Å²) in [5, 5.41) is 0. The third kappa shape index (κ3) is 1.39. The molecule has 1 saturated heterocycles. The predicted molar refractivity (Wildman–Crippen MR) is 54.1 cm³/mol. The van der Waals surface area contributed by atoms with Crippen molar-refractivity contribution < 1.29 is 4.48 Å². The zero-order chi connectivity index (χ0) is 9.24. The van der Waals surface area contributed by atoms with Crippen LogP contribution in [0, 0.1) is 0 Å². The topological polar surface area (TPSA) is 0 Å². The molecule has 1 heteroatoms. The molecule has 1 aliphatic rings. The van der Waals surface area contributed by atoms with Crippen LogP contribution in [0.3, 0.4) is 0 Å². The van der Waals surface area contributed by atoms with Crippen LogP contribution >= 0.6 is 0 Å². The molecular formula is C11H24N+. The van der Waals surface area contributed by atoms with Gasteiger partial charge >= 0.3 is 0 Å². The Bertz CT molecular complexity index is 145. The first-order valence-corrected chi connectivity index (χ1v) is 5.41. The summed E-state index contributed by atoms with van der Waals surface area (Å²) in [4.78, 5) is 0. The molecule has 0 aromatic heterocycles. The van der Waals surface area contributed by atoms with Crippen molar-refractivity contribution in [2.75, 3.05) is 20.6 Å². The van der Waals surface area contributed by atoms with Gasteiger partial charge in [-0.3, -0.25) is 0 Å². The van der Waals surface area contributed by atoms with Gasteiger partial charge in [0, 0.05) is 6.42 Å². The third-order valence-electron chi connectivity index (χ3n) is 4.21. The highest BCUT2D eigenvalue weighted by Crippen LogP contribution is 2.37. The third-order valence-corrected chi connectivity index (χ3v) is 4.21. The average Bonchev–Trinajstić information content (AvgIpc) is 2.05. The summed E-state index contributed by atoms with van der Waals surface area (Å²) in [7, 11) is 4.82. The molecule has 0 saturated carbocycles. The van der Waals surface area contributed by atoms with E-state index in [0.29, 0.717) is 5.54 Å². The second kappa shape index (κ2) is 3.37. The molecule has 0 atom stereocenters. The second-order valence-corrected chi connectivity index (χ2v) is 4.80. The van der Waals surface area contributed by atoms with Crippen molar-refractivity contribution in [3.8, 4) is 0 Å². The maximum atomic E-state index is 2.41. The van der Waals surface area contributed by atoms with Crippen LogP contribution in [0.2, 0.25) is 0 Å². The Morgan fingerprint density at radius 2 is 1.67 bits per heavy atom. The summed E-state index contributed by atoms with van der Waals surface area (Å²) in [5.41, 5.74) is 0.595. The number of hydrogen-bond donors (Lipinski definition) is 0. The van der Waals surface area contributed by atoms with Crippen LogP contribution in [-0.2, 0) is 0 Å². The van der Waals surface area contributed by atoms with Crippen molar-refractivity contribution in [1.82, 2.24) is 0 Å². The molecule has 0 bridgehead atoms. The normalized spacial score (nSPS) is 27.0. The minimum atomic E-state index is 0.595. The highest BCUT2D eigenvalue weighted by Gasteiger charge is 2.43. The first-order valence-electron chi connectivity index (χ1n) is 5.41. The zero-order valence-electron chi connectivity index (χ0n) is 9.19. The molecule has 0 aromatic carbocycles. The lowest BCUT2D eigenvalue weighted by Crippen LogP contribution is -2.61. The molecule has 72 valence electrons. The van der Waals surface area contributed by atoms with E-state index in [4.69, 9.17) is 0 Å². The number of hydrogen-bond acceptors (Lipinski definition) is 0. The van der Waals surface area contributed by atoms with Crippen LogP contribution in [0.25, 0.3) is 0 Å². The minimum Gasteiger partial charge on any atom is -0.324 e. The van der Waals surface area contributed by atoms with E-state index in [2.05, 4.69) is 27.9 Å². The van der Waals surface area contributed by atoms with Gasteiger partial charge in [0.1, 0.15) is 0 Å². The summed E-state index contributed by atoms with van der Waals surface area (Å²) in [6.45, 7) is 6.09. The molecule has 1 fully saturated rings. The second-order valence-electron chi connectivity index (χ2n) is 4.80. The van der Waals surface area contributed by atoms with Crippen molar-refractivity contribution in [3.63, 3.8) is 0 Å². The summed E-state index contributed by atoms with van der Waals surface area (Å²) in [5.74, 6) is 0. The Labute approximate surface area is 77.4 Å². The fourth-order valence-corrected chi connectivity index (χ4v) is 2.96. The van der Waals surface area contributed by atoms with Crippen LogP contribution in [0.15, 0.2) is 0 Å². The molecule has 0 spiro atoms. The fourth-order valence-electron chi connectivity index (χ4n) is 2.96. The van der Waals surface area contributed by atoms with Gasteiger partial charge in [-0.15, -0.1) is 0 Å². The minimum absolute atomic E-state index is 0.595. The maximum absolute atomic E-state index is 2.41. The Balaban J connectivity index is 2.81. The van der Waals surface area contributed by atoms with Crippen LogP contribution in [0.1, 0.15) is 46.0 Å². The predicted octanol–water partition coefficient (Wildman–Crippen LogP) is 2.81. The van der Waals surface area contributed by atoms with E-state index in [1.807, 2.05) is 0 Å². The van der Waals surface area contributed by atoms with E-state index >= 15 is 0 Å². The summed E-state index contributed by atoms with van der Waals surface area (Å²) < 4.78 is 1.25. The van der Waals surface area contributed by atoms with Crippen molar-refractivity contribution in [2.45, 2.75) is 51.5 Å². The molecule has 1 rings (SSSR count). The number of nitrogens with zero attached hydrogens (tertiary/aromatic N) is 1. The Kier molecular flexibility index (Phi) is 2.82. The molecule has 0 amide bonds. The Morgan fingerprint density at radius 1 is 1.08 bits per heavy atom. The van der Waals surface area contributed by atoms with Crippen LogP contribution in [-0.4, -0.2) is 30.7 Å². The lowest BCUT2D eigenvalue weighted by atomic mass is 9.80. The van der Waals surface area contributed by atoms with Crippen molar-refractivity contribution in [1.29, 1.82) is 0 Å². The van der Waals surface area contributed by atoms with Gasteiger partial charge in [0.25, 0.3) is 0 Å². The van der Waals surface area contributed by atoms with E-state index in [1.165, 1.54) is 43.1 Å². The van der Waals surface area contributed by atoms with Crippen LogP contribution in [0.4, 0.5) is 0 Å². The Morgan fingerprint density at radius 3 is 2.00 bits per heavy atom. The van der Waals surface area contributed by atoms with Gasteiger partial charge in [-0.05, 0) is 25.7 Å². The molecule has 1 aliphatic heterocycles. The van der Waals surface area contributed by atoms with Gasteiger partial charge in [0.2, 0.25) is 0 Å². The molecule has 0 radical (unpaired) electrons. The fraction of sp³-hybridized carbons (Fsp3) is 1.00. The quantitative estimate of drug-likeness (QED) is 0.559. The highest BCUT2D eigenvalue weighted by molar-refractivity contribution is 4.80. The van der Waals surface area contributed by atoms with Crippen molar-refractivity contribution in [3.05, 3.63) is 0 Å². The van der Waals surface area contributed by atoms with Crippen molar-refractivity contribution >= 4 is 0 Å². The molecule has 1 heterocycles. The largest absolute Gasteiger partial charge is 0.324 e. The highest BCUT2D eigenvalue weighted by atomic mass is 15.4. The van der Waals surface area contributed by atoms with Crippen LogP contribution in [0.5, 0.6) is 0 Å². The van der Waals surface area contributed by atoms with Gasteiger partial charge in [-0.1, -0.05) is 13.8 Å². The number of rotatable bonds is 2. The van der Waals surface area contributed by atoms with Crippen LogP contribution < -0.4 is 0 Å². The van der Waals surface area contributed by atoms with E-state index in [1.54, 1.807) is 0 Å². The molecule has 0 N–H and O–H groups in total. The number of piperidine rings is 1. The van der Waals surface area contributed by atoms with Gasteiger partial charge in [-0.25, -0.2) is 0 Å². The van der Waals surface area contributed by atoms with E-state index in [9.17, 15) is 0 Å². The van der Waals surface area contributed by atoms with Crippen molar-refractivity contribution in [2.24, 2.45) is 0 Å². The lowest BCUT2D eigenvalue weighted by molar-refractivity contribution is -0.948. The van der Waals surface area contributed by atoms with E-state index in [-0.39, 0.29) is 0 Å². The number of likely N-dealkylation sites (tertiary alicyclic amines) is 1. The molecule has 0 unspecified atom stereocenters. The summed E-state index contributed by atoms with van der Waals surface area (Å²) in [6, 6.07) is 0.